The highest BCUT2D eigenvalue weighted by molar-refractivity contribution is 7.89. The molecule has 8 nitrogen and oxygen atoms in total. The SMILES string of the molecule is O=C(CCc1ccc(S(=O)(=O)NC2CC2)cc1)Nc1ccc2c(c1)NC(=O)CO2. The molecule has 9 heteroatoms. The van der Waals surface area contributed by atoms with E-state index < -0.39 is 10.0 Å². The van der Waals surface area contributed by atoms with Crippen molar-refractivity contribution in [3.05, 3.63) is 48.0 Å². The smallest absolute Gasteiger partial charge is 0.262 e. The zero-order chi connectivity index (χ0) is 20.4. The van der Waals surface area contributed by atoms with Crippen LogP contribution in [0.3, 0.4) is 0 Å². The number of sulfonamides is 1. The van der Waals surface area contributed by atoms with Crippen LogP contribution in [0.25, 0.3) is 0 Å². The van der Waals surface area contributed by atoms with Crippen LogP contribution in [-0.4, -0.2) is 32.9 Å². The molecule has 0 aromatic heterocycles. The number of ether oxygens (including phenoxy) is 1. The van der Waals surface area contributed by atoms with Crippen molar-refractivity contribution < 1.29 is 22.7 Å². The Morgan fingerprint density at radius 1 is 1.14 bits per heavy atom. The van der Waals surface area contributed by atoms with Crippen LogP contribution in [0.4, 0.5) is 11.4 Å². The molecule has 29 heavy (non-hydrogen) atoms. The van der Waals surface area contributed by atoms with E-state index in [1.165, 1.54) is 0 Å². The van der Waals surface area contributed by atoms with Gasteiger partial charge in [0.2, 0.25) is 15.9 Å². The van der Waals surface area contributed by atoms with Gasteiger partial charge in [-0.05, 0) is 55.2 Å². The van der Waals surface area contributed by atoms with Gasteiger partial charge >= 0.3 is 0 Å². The largest absolute Gasteiger partial charge is 0.482 e. The molecular weight excluding hydrogens is 394 g/mol. The van der Waals surface area contributed by atoms with Gasteiger partial charge in [-0.15, -0.1) is 0 Å². The topological polar surface area (TPSA) is 114 Å². The highest BCUT2D eigenvalue weighted by Crippen LogP contribution is 2.30. The van der Waals surface area contributed by atoms with Gasteiger partial charge in [-0.25, -0.2) is 13.1 Å². The van der Waals surface area contributed by atoms with E-state index in [1.807, 2.05) is 0 Å². The molecule has 0 bridgehead atoms. The summed E-state index contributed by atoms with van der Waals surface area (Å²) in [6.45, 7) is -0.0184. The molecule has 1 aliphatic carbocycles. The summed E-state index contributed by atoms with van der Waals surface area (Å²) in [5.41, 5.74) is 1.96. The van der Waals surface area contributed by atoms with Crippen LogP contribution >= 0.6 is 0 Å². The third-order valence-electron chi connectivity index (χ3n) is 4.67. The Hall–Kier alpha value is -2.91. The van der Waals surface area contributed by atoms with E-state index in [-0.39, 0.29) is 35.8 Å². The molecule has 0 spiro atoms. The van der Waals surface area contributed by atoms with E-state index in [2.05, 4.69) is 15.4 Å². The normalized spacial score (nSPS) is 15.8. The van der Waals surface area contributed by atoms with Crippen molar-refractivity contribution in [1.82, 2.24) is 4.72 Å². The molecule has 1 saturated carbocycles. The van der Waals surface area contributed by atoms with Crippen LogP contribution in [0.2, 0.25) is 0 Å². The average Bonchev–Trinajstić information content (AvgIpc) is 3.50. The van der Waals surface area contributed by atoms with Crippen LogP contribution in [0, 0.1) is 0 Å². The molecule has 0 saturated heterocycles. The fourth-order valence-electron chi connectivity index (χ4n) is 2.97. The maximum atomic E-state index is 12.2. The standard InChI is InChI=1S/C20H21N3O5S/c24-19(21-15-6-9-18-17(11-15)22-20(25)12-28-18)10-3-13-1-7-16(8-2-13)29(26,27)23-14-4-5-14/h1-2,6-9,11,14,23H,3-5,10,12H2,(H,21,24)(H,22,25). The van der Waals surface area contributed by atoms with Gasteiger partial charge in [-0.2, -0.15) is 0 Å². The first kappa shape index (κ1) is 19.4. The van der Waals surface area contributed by atoms with Gasteiger partial charge in [0, 0.05) is 18.2 Å². The van der Waals surface area contributed by atoms with Gasteiger partial charge in [0.05, 0.1) is 10.6 Å². The number of amides is 2. The van der Waals surface area contributed by atoms with Crippen LogP contribution in [0.15, 0.2) is 47.4 Å². The first-order chi connectivity index (χ1) is 13.9. The zero-order valence-electron chi connectivity index (χ0n) is 15.6. The van der Waals surface area contributed by atoms with E-state index in [9.17, 15) is 18.0 Å². The maximum Gasteiger partial charge on any atom is 0.262 e. The lowest BCUT2D eigenvalue weighted by molar-refractivity contribution is -0.118. The van der Waals surface area contributed by atoms with Gasteiger partial charge in [-0.1, -0.05) is 12.1 Å². The Morgan fingerprint density at radius 3 is 2.62 bits per heavy atom. The van der Waals surface area contributed by atoms with Crippen LogP contribution in [-0.2, 0) is 26.0 Å². The molecule has 2 aliphatic rings. The summed E-state index contributed by atoms with van der Waals surface area (Å²) in [5.74, 6) is 0.146. The molecule has 3 N–H and O–H groups in total. The molecule has 0 unspecified atom stereocenters. The molecule has 1 heterocycles. The minimum atomic E-state index is -3.47. The molecular formula is C20H21N3O5S. The molecule has 1 aliphatic heterocycles. The van der Waals surface area contributed by atoms with Crippen molar-refractivity contribution in [2.75, 3.05) is 17.2 Å². The number of rotatable bonds is 7. The van der Waals surface area contributed by atoms with Crippen molar-refractivity contribution in [1.29, 1.82) is 0 Å². The summed E-state index contributed by atoms with van der Waals surface area (Å²) in [4.78, 5) is 23.9. The van der Waals surface area contributed by atoms with Crippen molar-refractivity contribution in [3.8, 4) is 5.75 Å². The minimum Gasteiger partial charge on any atom is -0.482 e. The van der Waals surface area contributed by atoms with E-state index in [1.54, 1.807) is 42.5 Å². The molecule has 4 rings (SSSR count). The van der Waals surface area contributed by atoms with E-state index in [0.717, 1.165) is 18.4 Å². The van der Waals surface area contributed by atoms with Crippen LogP contribution < -0.4 is 20.1 Å². The predicted molar refractivity (Wildman–Crippen MR) is 107 cm³/mol. The average molecular weight is 415 g/mol. The van der Waals surface area contributed by atoms with Crippen molar-refractivity contribution in [3.63, 3.8) is 0 Å². The Kier molecular flexibility index (Phi) is 5.25. The molecule has 2 aromatic rings. The highest BCUT2D eigenvalue weighted by Gasteiger charge is 2.27. The van der Waals surface area contributed by atoms with Crippen molar-refractivity contribution in [2.45, 2.75) is 36.6 Å². The molecule has 2 amide bonds. The van der Waals surface area contributed by atoms with E-state index >= 15 is 0 Å². The summed E-state index contributed by atoms with van der Waals surface area (Å²) < 4.78 is 32.3. The van der Waals surface area contributed by atoms with Gasteiger partial charge in [-0.3, -0.25) is 9.59 Å². The summed E-state index contributed by atoms with van der Waals surface area (Å²) in [7, 11) is -3.47. The third-order valence-corrected chi connectivity index (χ3v) is 6.21. The van der Waals surface area contributed by atoms with Crippen LogP contribution in [0.5, 0.6) is 5.75 Å². The number of carbonyl (C=O) groups excluding carboxylic acids is 2. The summed E-state index contributed by atoms with van der Waals surface area (Å²) in [5, 5.41) is 5.48. The quantitative estimate of drug-likeness (QED) is 0.640. The minimum absolute atomic E-state index is 0.0184. The molecule has 2 aromatic carbocycles. The second-order valence-corrected chi connectivity index (χ2v) is 8.85. The zero-order valence-corrected chi connectivity index (χ0v) is 16.4. The summed E-state index contributed by atoms with van der Waals surface area (Å²) in [6.07, 6.45) is 2.49. The second-order valence-electron chi connectivity index (χ2n) is 7.14. The van der Waals surface area contributed by atoms with Gasteiger partial charge in [0.1, 0.15) is 5.75 Å². The van der Waals surface area contributed by atoms with E-state index in [0.29, 0.717) is 23.5 Å². The molecule has 152 valence electrons. The van der Waals surface area contributed by atoms with Gasteiger partial charge in [0.25, 0.3) is 5.91 Å². The van der Waals surface area contributed by atoms with Gasteiger partial charge in [0.15, 0.2) is 6.61 Å². The molecule has 0 radical (unpaired) electrons. The monoisotopic (exact) mass is 415 g/mol. The Morgan fingerprint density at radius 2 is 1.90 bits per heavy atom. The number of anilines is 2. The van der Waals surface area contributed by atoms with Crippen LogP contribution in [0.1, 0.15) is 24.8 Å². The Bertz CT molecular complexity index is 1050. The number of hydrogen-bond donors (Lipinski definition) is 3. The maximum absolute atomic E-state index is 12.2. The van der Waals surface area contributed by atoms with E-state index in [4.69, 9.17) is 4.74 Å². The fraction of sp³-hybridized carbons (Fsp3) is 0.300. The number of fused-ring (bicyclic) bond motifs is 1. The third kappa shape index (κ3) is 4.93. The first-order valence-corrected chi connectivity index (χ1v) is 10.9. The Labute approximate surface area is 168 Å². The number of benzene rings is 2. The van der Waals surface area contributed by atoms with Gasteiger partial charge < -0.3 is 15.4 Å². The lowest BCUT2D eigenvalue weighted by Crippen LogP contribution is -2.25. The molecule has 1 fully saturated rings. The predicted octanol–water partition coefficient (Wildman–Crippen LogP) is 2.03. The lowest BCUT2D eigenvalue weighted by Gasteiger charge is -2.18. The van der Waals surface area contributed by atoms with Crippen molar-refractivity contribution in [2.24, 2.45) is 0 Å². The number of nitrogens with one attached hydrogen (secondary N) is 3. The lowest BCUT2D eigenvalue weighted by atomic mass is 10.1. The molecule has 0 atom stereocenters. The number of aryl methyl sites for hydroxylation is 1. The van der Waals surface area contributed by atoms with Crippen molar-refractivity contribution >= 4 is 33.2 Å². The number of carbonyl (C=O) groups is 2. The Balaban J connectivity index is 1.31. The summed E-state index contributed by atoms with van der Waals surface area (Å²) in [6, 6.07) is 11.7. The first-order valence-electron chi connectivity index (χ1n) is 9.37. The summed E-state index contributed by atoms with van der Waals surface area (Å²) >= 11 is 0. The highest BCUT2D eigenvalue weighted by atomic mass is 32.2. The second kappa shape index (κ2) is 7.84. The number of hydrogen-bond acceptors (Lipinski definition) is 5. The fourth-order valence-corrected chi connectivity index (χ4v) is 4.27.